The topological polar surface area (TPSA) is 96.9 Å². The molecule has 1 aromatic carbocycles. The molecule has 1 atom stereocenters. The van der Waals surface area contributed by atoms with Crippen LogP contribution in [0.1, 0.15) is 47.7 Å². The summed E-state index contributed by atoms with van der Waals surface area (Å²) in [4.78, 5) is 19.4. The second kappa shape index (κ2) is 7.31. The van der Waals surface area contributed by atoms with Crippen molar-refractivity contribution < 1.29 is 9.21 Å². The van der Waals surface area contributed by atoms with E-state index in [9.17, 15) is 4.79 Å². The van der Waals surface area contributed by atoms with Crippen LogP contribution in [-0.4, -0.2) is 22.4 Å². The maximum absolute atomic E-state index is 12.0. The lowest BCUT2D eigenvalue weighted by Crippen LogP contribution is -2.24. The van der Waals surface area contributed by atoms with Gasteiger partial charge in [0.05, 0.1) is 6.04 Å². The van der Waals surface area contributed by atoms with Crippen LogP contribution in [0.3, 0.4) is 0 Å². The smallest absolute Gasteiger partial charge is 0.273 e. The fourth-order valence-corrected chi connectivity index (χ4v) is 2.66. The minimum absolute atomic E-state index is 0.224. The lowest BCUT2D eigenvalue weighted by molar-refractivity contribution is 0.0948. The van der Waals surface area contributed by atoms with Crippen LogP contribution in [0.2, 0.25) is 0 Å². The molecule has 0 aliphatic heterocycles. The highest BCUT2D eigenvalue weighted by atomic mass is 16.3. The molecule has 0 saturated heterocycles. The van der Waals surface area contributed by atoms with Crippen molar-refractivity contribution in [3.63, 3.8) is 0 Å². The van der Waals surface area contributed by atoms with E-state index in [1.54, 1.807) is 0 Å². The largest absolute Gasteiger partial charge is 0.446 e. The summed E-state index contributed by atoms with van der Waals surface area (Å²) in [5, 5.41) is 3.95. The van der Waals surface area contributed by atoms with Gasteiger partial charge in [-0.25, -0.2) is 4.98 Å². The molecule has 2 aromatic heterocycles. The van der Waals surface area contributed by atoms with E-state index in [-0.39, 0.29) is 11.6 Å². The van der Waals surface area contributed by atoms with Gasteiger partial charge in [0.25, 0.3) is 5.91 Å². The van der Waals surface area contributed by atoms with Crippen molar-refractivity contribution in [3.05, 3.63) is 53.9 Å². The molecule has 0 spiro atoms. The van der Waals surface area contributed by atoms with Gasteiger partial charge in [0, 0.05) is 23.6 Å². The number of benzene rings is 1. The zero-order valence-corrected chi connectivity index (χ0v) is 13.7. The predicted octanol–water partition coefficient (Wildman–Crippen LogP) is 2.93. The number of nitrogens with two attached hydrogens (primary N) is 1. The summed E-state index contributed by atoms with van der Waals surface area (Å²) in [6.45, 7) is 2.71. The van der Waals surface area contributed by atoms with Gasteiger partial charge in [-0.2, -0.15) is 0 Å². The van der Waals surface area contributed by atoms with Gasteiger partial charge in [0.15, 0.2) is 5.69 Å². The highest BCUT2D eigenvalue weighted by Gasteiger charge is 2.18. The zero-order valence-electron chi connectivity index (χ0n) is 13.7. The Morgan fingerprint density at radius 1 is 1.42 bits per heavy atom. The SMILES string of the molecule is CCCCNC(=O)c1coc(C(N)Cc2c[nH]c3ccccc23)n1. The quantitative estimate of drug-likeness (QED) is 0.582. The number of H-pyrrole nitrogens is 1. The first-order valence-electron chi connectivity index (χ1n) is 8.23. The molecule has 0 radical (unpaired) electrons. The third kappa shape index (κ3) is 3.49. The Bertz CT molecular complexity index is 821. The summed E-state index contributed by atoms with van der Waals surface area (Å²) in [5.41, 5.74) is 8.66. The fraction of sp³-hybridized carbons (Fsp3) is 0.333. The fourth-order valence-electron chi connectivity index (χ4n) is 2.66. The number of hydrogen-bond donors (Lipinski definition) is 3. The van der Waals surface area contributed by atoms with Gasteiger partial charge in [0.1, 0.15) is 6.26 Å². The third-order valence-electron chi connectivity index (χ3n) is 4.00. The van der Waals surface area contributed by atoms with Crippen LogP contribution < -0.4 is 11.1 Å². The molecular formula is C18H22N4O2. The van der Waals surface area contributed by atoms with E-state index in [0.717, 1.165) is 29.3 Å². The number of hydrogen-bond acceptors (Lipinski definition) is 4. The molecule has 0 fully saturated rings. The van der Waals surface area contributed by atoms with E-state index in [1.807, 2.05) is 24.4 Å². The lowest BCUT2D eigenvalue weighted by atomic mass is 10.1. The van der Waals surface area contributed by atoms with Gasteiger partial charge in [-0.1, -0.05) is 31.5 Å². The minimum Gasteiger partial charge on any atom is -0.446 e. The molecule has 1 amide bonds. The number of amides is 1. The first-order valence-corrected chi connectivity index (χ1v) is 8.23. The third-order valence-corrected chi connectivity index (χ3v) is 4.00. The van der Waals surface area contributed by atoms with E-state index in [1.165, 1.54) is 6.26 Å². The predicted molar refractivity (Wildman–Crippen MR) is 92.7 cm³/mol. The molecule has 3 rings (SSSR count). The first kappa shape index (κ1) is 16.3. The van der Waals surface area contributed by atoms with Gasteiger partial charge in [-0.3, -0.25) is 4.79 Å². The first-order chi connectivity index (χ1) is 11.7. The summed E-state index contributed by atoms with van der Waals surface area (Å²) in [7, 11) is 0. The number of para-hydroxylation sites is 1. The Labute approximate surface area is 140 Å². The van der Waals surface area contributed by atoms with Crippen molar-refractivity contribution >= 4 is 16.8 Å². The number of aromatic amines is 1. The number of oxazole rings is 1. The van der Waals surface area contributed by atoms with Crippen LogP contribution >= 0.6 is 0 Å². The number of aromatic nitrogens is 2. The number of nitrogens with one attached hydrogen (secondary N) is 2. The zero-order chi connectivity index (χ0) is 16.9. The average Bonchev–Trinajstić information content (AvgIpc) is 3.23. The van der Waals surface area contributed by atoms with Crippen LogP contribution in [0.5, 0.6) is 0 Å². The van der Waals surface area contributed by atoms with E-state index >= 15 is 0 Å². The monoisotopic (exact) mass is 326 g/mol. The highest BCUT2D eigenvalue weighted by molar-refractivity contribution is 5.91. The van der Waals surface area contributed by atoms with Crippen molar-refractivity contribution in [1.29, 1.82) is 0 Å². The van der Waals surface area contributed by atoms with E-state index in [2.05, 4.69) is 28.3 Å². The number of fused-ring (bicyclic) bond motifs is 1. The molecule has 3 aromatic rings. The van der Waals surface area contributed by atoms with E-state index < -0.39 is 6.04 Å². The Hall–Kier alpha value is -2.60. The maximum Gasteiger partial charge on any atom is 0.273 e. The second-order valence-electron chi connectivity index (χ2n) is 5.85. The van der Waals surface area contributed by atoms with Crippen LogP contribution in [0.25, 0.3) is 10.9 Å². The maximum atomic E-state index is 12.0. The van der Waals surface area contributed by atoms with Crippen molar-refractivity contribution in [1.82, 2.24) is 15.3 Å². The molecule has 126 valence electrons. The van der Waals surface area contributed by atoms with Crippen molar-refractivity contribution in [3.8, 4) is 0 Å². The molecule has 24 heavy (non-hydrogen) atoms. The Morgan fingerprint density at radius 3 is 3.08 bits per heavy atom. The molecular weight excluding hydrogens is 304 g/mol. The van der Waals surface area contributed by atoms with Crippen molar-refractivity contribution in [2.24, 2.45) is 5.73 Å². The van der Waals surface area contributed by atoms with E-state index in [4.69, 9.17) is 10.2 Å². The number of carbonyl (C=O) groups is 1. The molecule has 4 N–H and O–H groups in total. The van der Waals surface area contributed by atoms with Gasteiger partial charge < -0.3 is 20.5 Å². The minimum atomic E-state index is -0.401. The summed E-state index contributed by atoms with van der Waals surface area (Å²) >= 11 is 0. The van der Waals surface area contributed by atoms with Crippen LogP contribution in [0.15, 0.2) is 41.1 Å². The van der Waals surface area contributed by atoms with Crippen LogP contribution in [0.4, 0.5) is 0 Å². The van der Waals surface area contributed by atoms with Gasteiger partial charge in [0.2, 0.25) is 5.89 Å². The molecule has 0 saturated carbocycles. The molecule has 2 heterocycles. The van der Waals surface area contributed by atoms with Crippen LogP contribution in [-0.2, 0) is 6.42 Å². The molecule has 0 aliphatic carbocycles. The second-order valence-corrected chi connectivity index (χ2v) is 5.85. The number of nitrogens with zero attached hydrogens (tertiary/aromatic N) is 1. The average molecular weight is 326 g/mol. The molecule has 1 unspecified atom stereocenters. The van der Waals surface area contributed by atoms with Gasteiger partial charge >= 0.3 is 0 Å². The molecule has 6 heteroatoms. The molecule has 6 nitrogen and oxygen atoms in total. The summed E-state index contributed by atoms with van der Waals surface area (Å²) in [5.74, 6) is 0.152. The van der Waals surface area contributed by atoms with Crippen molar-refractivity contribution in [2.75, 3.05) is 6.54 Å². The molecule has 0 bridgehead atoms. The number of rotatable bonds is 7. The standard InChI is InChI=1S/C18H22N4O2/c1-2-3-8-20-17(23)16-11-24-18(22-16)14(19)9-12-10-21-15-7-5-4-6-13(12)15/h4-7,10-11,14,21H,2-3,8-9,19H2,1H3,(H,20,23). The Kier molecular flexibility index (Phi) is 4.96. The van der Waals surface area contributed by atoms with Gasteiger partial charge in [-0.05, 0) is 24.5 Å². The number of unbranched alkanes of at least 4 members (excludes halogenated alkanes) is 1. The summed E-state index contributed by atoms with van der Waals surface area (Å²) in [6, 6.07) is 7.65. The summed E-state index contributed by atoms with van der Waals surface area (Å²) < 4.78 is 5.41. The number of carbonyl (C=O) groups excluding carboxylic acids is 1. The Balaban J connectivity index is 1.67. The van der Waals surface area contributed by atoms with Crippen molar-refractivity contribution in [2.45, 2.75) is 32.2 Å². The molecule has 0 aliphatic rings. The normalized spacial score (nSPS) is 12.4. The van der Waals surface area contributed by atoms with Crippen LogP contribution in [0, 0.1) is 0 Å². The highest BCUT2D eigenvalue weighted by Crippen LogP contribution is 2.23. The van der Waals surface area contributed by atoms with Gasteiger partial charge in [-0.15, -0.1) is 0 Å². The summed E-state index contributed by atoms with van der Waals surface area (Å²) in [6.07, 6.45) is 5.87. The Morgan fingerprint density at radius 2 is 2.25 bits per heavy atom. The van der Waals surface area contributed by atoms with E-state index in [0.29, 0.717) is 18.9 Å². The lowest BCUT2D eigenvalue weighted by Gasteiger charge is -2.06.